The average Bonchev–Trinajstić information content (AvgIpc) is 3.29. The first kappa shape index (κ1) is 18.4. The Balaban J connectivity index is 1.19. The molecule has 0 spiro atoms. The molecule has 4 aliphatic carbocycles. The number of piperidine rings is 1. The van der Waals surface area contributed by atoms with Crippen LogP contribution in [0.5, 0.6) is 0 Å². The largest absolute Gasteiger partial charge is 0.468 e. The van der Waals surface area contributed by atoms with Crippen LogP contribution in [0.4, 0.5) is 0 Å². The maximum atomic E-state index is 12.4. The van der Waals surface area contributed by atoms with Gasteiger partial charge in [-0.05, 0) is 81.0 Å². The van der Waals surface area contributed by atoms with Gasteiger partial charge in [0.2, 0.25) is 0 Å². The summed E-state index contributed by atoms with van der Waals surface area (Å²) in [5.41, 5.74) is -0.142. The van der Waals surface area contributed by atoms with Gasteiger partial charge in [0.25, 0.3) is 0 Å². The van der Waals surface area contributed by atoms with E-state index in [0.29, 0.717) is 23.2 Å². The van der Waals surface area contributed by atoms with Gasteiger partial charge >= 0.3 is 13.1 Å². The SMILES string of the molecule is COC(=O)[C@]12CC[C@@H](CN1)[C@H]2CCCB1O[C@@H]2C[C@@H]3C[C@@H](C3(C)C)[C@]2(C)O1. The summed E-state index contributed by atoms with van der Waals surface area (Å²) in [5.74, 6) is 2.36. The Morgan fingerprint density at radius 1 is 1.30 bits per heavy atom. The predicted octanol–water partition coefficient (Wildman–Crippen LogP) is 3.04. The lowest BCUT2D eigenvalue weighted by Gasteiger charge is -2.64. The van der Waals surface area contributed by atoms with Crippen molar-refractivity contribution in [1.29, 1.82) is 0 Å². The van der Waals surface area contributed by atoms with Crippen LogP contribution in [0.3, 0.4) is 0 Å². The third-order valence-electron chi connectivity index (χ3n) is 9.30. The smallest absolute Gasteiger partial charge is 0.457 e. The first-order valence-electron chi connectivity index (χ1n) is 11.0. The molecule has 1 N–H and O–H groups in total. The summed E-state index contributed by atoms with van der Waals surface area (Å²) in [6, 6.07) is 0. The van der Waals surface area contributed by atoms with E-state index in [-0.39, 0.29) is 24.8 Å². The third-order valence-corrected chi connectivity index (χ3v) is 9.30. The van der Waals surface area contributed by atoms with Gasteiger partial charge in [0, 0.05) is 0 Å². The predicted molar refractivity (Wildman–Crippen MR) is 103 cm³/mol. The Bertz CT molecular complexity index is 632. The van der Waals surface area contributed by atoms with Crippen molar-refractivity contribution in [2.75, 3.05) is 13.7 Å². The van der Waals surface area contributed by atoms with Crippen LogP contribution >= 0.6 is 0 Å². The molecule has 0 aromatic rings. The first-order chi connectivity index (χ1) is 12.8. The highest BCUT2D eigenvalue weighted by atomic mass is 16.7. The molecule has 27 heavy (non-hydrogen) atoms. The number of fused-ring (bicyclic) bond motifs is 2. The molecule has 7 atom stereocenters. The van der Waals surface area contributed by atoms with E-state index in [1.165, 1.54) is 13.5 Å². The van der Waals surface area contributed by atoms with E-state index in [1.807, 2.05) is 0 Å². The van der Waals surface area contributed by atoms with Crippen LogP contribution in [0.25, 0.3) is 0 Å². The molecule has 2 aliphatic heterocycles. The number of methoxy groups -OCH3 is 1. The Morgan fingerprint density at radius 3 is 2.78 bits per heavy atom. The summed E-state index contributed by atoms with van der Waals surface area (Å²) >= 11 is 0. The highest BCUT2D eigenvalue weighted by Crippen LogP contribution is 2.65. The molecule has 150 valence electrons. The second-order valence-corrected chi connectivity index (χ2v) is 10.6. The van der Waals surface area contributed by atoms with Gasteiger partial charge < -0.3 is 19.4 Å². The van der Waals surface area contributed by atoms with E-state index in [2.05, 4.69) is 26.1 Å². The summed E-state index contributed by atoms with van der Waals surface area (Å²) in [4.78, 5) is 12.4. The van der Waals surface area contributed by atoms with Crippen LogP contribution in [0.2, 0.25) is 6.32 Å². The highest BCUT2D eigenvalue weighted by molar-refractivity contribution is 6.45. The molecule has 6 aliphatic rings. The highest BCUT2D eigenvalue weighted by Gasteiger charge is 2.67. The monoisotopic (exact) mass is 375 g/mol. The zero-order valence-electron chi connectivity index (χ0n) is 17.3. The molecule has 0 aromatic heterocycles. The van der Waals surface area contributed by atoms with E-state index >= 15 is 0 Å². The minimum Gasteiger partial charge on any atom is -0.468 e. The first-order valence-corrected chi connectivity index (χ1v) is 11.0. The summed E-state index contributed by atoms with van der Waals surface area (Å²) in [5, 5.41) is 3.48. The maximum absolute atomic E-state index is 12.4. The summed E-state index contributed by atoms with van der Waals surface area (Å²) in [6.07, 6.45) is 7.81. The third kappa shape index (κ3) is 2.39. The van der Waals surface area contributed by atoms with Crippen LogP contribution in [0.15, 0.2) is 0 Å². The molecule has 0 unspecified atom stereocenters. The van der Waals surface area contributed by atoms with Crippen molar-refractivity contribution in [2.24, 2.45) is 29.1 Å². The minimum atomic E-state index is -0.429. The molecule has 6 heteroatoms. The number of esters is 1. The molecule has 0 radical (unpaired) electrons. The van der Waals surface area contributed by atoms with Crippen LogP contribution < -0.4 is 5.32 Å². The molecular weight excluding hydrogens is 341 g/mol. The van der Waals surface area contributed by atoms with Gasteiger partial charge in [0.1, 0.15) is 5.54 Å². The fourth-order valence-corrected chi connectivity index (χ4v) is 7.55. The van der Waals surface area contributed by atoms with E-state index < -0.39 is 5.54 Å². The molecule has 5 nitrogen and oxygen atoms in total. The van der Waals surface area contributed by atoms with E-state index in [1.54, 1.807) is 0 Å². The van der Waals surface area contributed by atoms with Crippen molar-refractivity contribution in [3.05, 3.63) is 0 Å². The zero-order chi connectivity index (χ0) is 19.0. The fourth-order valence-electron chi connectivity index (χ4n) is 7.55. The molecule has 4 saturated carbocycles. The second-order valence-electron chi connectivity index (χ2n) is 10.6. The molecule has 6 rings (SSSR count). The topological polar surface area (TPSA) is 56.8 Å². The van der Waals surface area contributed by atoms with Gasteiger partial charge in [-0.25, -0.2) is 0 Å². The summed E-state index contributed by atoms with van der Waals surface area (Å²) in [6.45, 7) is 8.04. The van der Waals surface area contributed by atoms with Gasteiger partial charge in [0.05, 0.1) is 18.8 Å². The van der Waals surface area contributed by atoms with E-state index in [4.69, 9.17) is 14.0 Å². The van der Waals surface area contributed by atoms with Crippen LogP contribution in [-0.2, 0) is 18.8 Å². The van der Waals surface area contributed by atoms with Gasteiger partial charge in [-0.2, -0.15) is 0 Å². The lowest BCUT2D eigenvalue weighted by atomic mass is 9.43. The molecule has 4 bridgehead atoms. The van der Waals surface area contributed by atoms with Crippen molar-refractivity contribution in [3.8, 4) is 0 Å². The normalized spacial score (nSPS) is 49.0. The average molecular weight is 375 g/mol. The number of nitrogens with one attached hydrogen (secondary N) is 1. The van der Waals surface area contributed by atoms with Crippen LogP contribution in [0, 0.1) is 29.1 Å². The van der Waals surface area contributed by atoms with Gasteiger partial charge in [0.15, 0.2) is 0 Å². The standard InChI is InChI=1S/C21H34BNO4/c1-19(2)14-10-16(19)20(3)17(11-14)26-22(27-20)9-5-6-15-13-7-8-21(15,23-12-13)18(24)25-4/h13-17,23H,5-12H2,1-4H3/t13-,14-,15+,16-,17+,20-,21+/m0/s1. The summed E-state index contributed by atoms with van der Waals surface area (Å²) < 4.78 is 18.0. The van der Waals surface area contributed by atoms with Crippen molar-refractivity contribution in [3.63, 3.8) is 0 Å². The number of hydrogen-bond acceptors (Lipinski definition) is 5. The number of carbonyl (C=O) groups is 1. The Kier molecular flexibility index (Phi) is 4.07. The van der Waals surface area contributed by atoms with Crippen molar-refractivity contribution in [2.45, 2.75) is 82.9 Å². The Morgan fingerprint density at radius 2 is 2.11 bits per heavy atom. The van der Waals surface area contributed by atoms with Crippen molar-refractivity contribution >= 4 is 13.1 Å². The summed E-state index contributed by atoms with van der Waals surface area (Å²) in [7, 11) is 1.44. The number of hydrogen-bond donors (Lipinski definition) is 1. The number of ether oxygens (including phenoxy) is 1. The van der Waals surface area contributed by atoms with Gasteiger partial charge in [-0.15, -0.1) is 0 Å². The van der Waals surface area contributed by atoms with Gasteiger partial charge in [-0.3, -0.25) is 4.79 Å². The van der Waals surface area contributed by atoms with Crippen LogP contribution in [-0.4, -0.2) is 44.0 Å². The lowest BCUT2D eigenvalue weighted by molar-refractivity contribution is -0.199. The quantitative estimate of drug-likeness (QED) is 0.591. The minimum absolute atomic E-state index is 0.0681. The van der Waals surface area contributed by atoms with Crippen molar-refractivity contribution in [1.82, 2.24) is 5.32 Å². The molecule has 0 aromatic carbocycles. The molecular formula is C21H34BNO4. The molecule has 2 saturated heterocycles. The van der Waals surface area contributed by atoms with Crippen molar-refractivity contribution < 1.29 is 18.8 Å². The number of rotatable bonds is 5. The Hall–Kier alpha value is -0.585. The maximum Gasteiger partial charge on any atom is 0.457 e. The fraction of sp³-hybridized carbons (Fsp3) is 0.952. The Labute approximate surface area is 163 Å². The molecule has 6 fully saturated rings. The second kappa shape index (κ2) is 5.96. The molecule has 0 amide bonds. The number of carbonyl (C=O) groups excluding carboxylic acids is 1. The van der Waals surface area contributed by atoms with Crippen LogP contribution in [0.1, 0.15) is 59.3 Å². The zero-order valence-corrected chi connectivity index (χ0v) is 17.3. The molecule has 2 heterocycles. The van der Waals surface area contributed by atoms with E-state index in [0.717, 1.165) is 50.9 Å². The lowest BCUT2D eigenvalue weighted by Crippen LogP contribution is -2.65. The van der Waals surface area contributed by atoms with Gasteiger partial charge in [-0.1, -0.05) is 20.3 Å². The van der Waals surface area contributed by atoms with E-state index in [9.17, 15) is 4.79 Å².